The number of carbonyl (C=O) groups excluding carboxylic acids is 1. The van der Waals surface area contributed by atoms with Crippen LogP contribution in [0, 0.1) is 0 Å². The average molecular weight is 259 g/mol. The van der Waals surface area contributed by atoms with E-state index in [4.69, 9.17) is 4.74 Å². The maximum atomic E-state index is 12.1. The van der Waals surface area contributed by atoms with Crippen molar-refractivity contribution < 1.29 is 9.53 Å². The highest BCUT2D eigenvalue weighted by Gasteiger charge is 2.30. The molecule has 1 N–H and O–H groups in total. The number of hydrogen-bond acceptors (Lipinski definition) is 4. The Labute approximate surface area is 111 Å². The summed E-state index contributed by atoms with van der Waals surface area (Å²) < 4.78 is 4.97. The van der Waals surface area contributed by atoms with Gasteiger partial charge < -0.3 is 9.72 Å². The number of carbonyl (C=O) groups is 1. The van der Waals surface area contributed by atoms with Crippen LogP contribution in [0.25, 0.3) is 11.0 Å². The monoisotopic (exact) mass is 259 g/mol. The highest BCUT2D eigenvalue weighted by Crippen LogP contribution is 2.27. The summed E-state index contributed by atoms with van der Waals surface area (Å²) in [5.41, 5.74) is 2.82. The van der Waals surface area contributed by atoms with Crippen molar-refractivity contribution >= 4 is 17.0 Å². The molecule has 2 aromatic rings. The van der Waals surface area contributed by atoms with Crippen LogP contribution in [0.5, 0.6) is 0 Å². The molecule has 1 saturated heterocycles. The first-order valence-corrected chi connectivity index (χ1v) is 6.54. The zero-order valence-electron chi connectivity index (χ0n) is 10.9. The molecule has 0 radical (unpaired) electrons. The van der Waals surface area contributed by atoms with Crippen molar-refractivity contribution in [3.05, 3.63) is 30.1 Å². The quantitative estimate of drug-likeness (QED) is 0.855. The summed E-state index contributed by atoms with van der Waals surface area (Å²) in [6.45, 7) is 1.89. The molecule has 1 aliphatic rings. The Morgan fingerprint density at radius 2 is 2.21 bits per heavy atom. The Bertz CT molecular complexity index is 587. The van der Waals surface area contributed by atoms with E-state index in [1.165, 1.54) is 7.11 Å². The minimum Gasteiger partial charge on any atom is -0.468 e. The van der Waals surface area contributed by atoms with Crippen LogP contribution in [0.1, 0.15) is 24.4 Å². The predicted octanol–water partition coefficient (Wildman–Crippen LogP) is 1.87. The van der Waals surface area contributed by atoms with Crippen LogP contribution in [-0.4, -0.2) is 41.0 Å². The molecule has 1 aliphatic heterocycles. The Kier molecular flexibility index (Phi) is 3.21. The summed E-state index contributed by atoms with van der Waals surface area (Å²) in [5, 5.41) is 0. The van der Waals surface area contributed by atoms with E-state index < -0.39 is 0 Å². The number of rotatable bonds is 3. The number of likely N-dealkylation sites (tertiary alicyclic amines) is 1. The van der Waals surface area contributed by atoms with Crippen LogP contribution in [-0.2, 0) is 9.53 Å². The molecule has 100 valence electrons. The van der Waals surface area contributed by atoms with Crippen molar-refractivity contribution in [1.82, 2.24) is 14.9 Å². The molecule has 5 heteroatoms. The fraction of sp³-hybridized carbons (Fsp3) is 0.429. The average Bonchev–Trinajstić information content (AvgIpc) is 3.08. The lowest BCUT2D eigenvalue weighted by Crippen LogP contribution is -2.32. The molecule has 19 heavy (non-hydrogen) atoms. The lowest BCUT2D eigenvalue weighted by atomic mass is 10.0. The normalized spacial score (nSPS) is 17.7. The minimum absolute atomic E-state index is 0.194. The van der Waals surface area contributed by atoms with E-state index in [9.17, 15) is 4.79 Å². The molecule has 0 spiro atoms. The number of esters is 1. The molecule has 0 amide bonds. The van der Waals surface area contributed by atoms with E-state index in [1.54, 1.807) is 6.33 Å². The third-order valence-corrected chi connectivity index (χ3v) is 3.69. The van der Waals surface area contributed by atoms with Crippen molar-refractivity contribution in [1.29, 1.82) is 0 Å². The highest BCUT2D eigenvalue weighted by atomic mass is 16.5. The lowest BCUT2D eigenvalue weighted by molar-refractivity contribution is -0.146. The fourth-order valence-corrected chi connectivity index (χ4v) is 2.73. The third kappa shape index (κ3) is 2.21. The van der Waals surface area contributed by atoms with E-state index in [0.717, 1.165) is 42.5 Å². The Morgan fingerprint density at radius 3 is 2.95 bits per heavy atom. The summed E-state index contributed by atoms with van der Waals surface area (Å²) in [6, 6.07) is 5.58. The number of H-pyrrole nitrogens is 1. The van der Waals surface area contributed by atoms with Gasteiger partial charge in [-0.2, -0.15) is 0 Å². The number of hydrogen-bond donors (Lipinski definition) is 1. The maximum absolute atomic E-state index is 12.1. The van der Waals surface area contributed by atoms with Crippen LogP contribution in [0.3, 0.4) is 0 Å². The van der Waals surface area contributed by atoms with E-state index >= 15 is 0 Å². The van der Waals surface area contributed by atoms with Crippen molar-refractivity contribution in [2.24, 2.45) is 0 Å². The van der Waals surface area contributed by atoms with Crippen LogP contribution >= 0.6 is 0 Å². The molecular weight excluding hydrogens is 242 g/mol. The van der Waals surface area contributed by atoms with E-state index in [2.05, 4.69) is 14.9 Å². The topological polar surface area (TPSA) is 58.2 Å². The number of imidazole rings is 1. The van der Waals surface area contributed by atoms with Gasteiger partial charge in [0.1, 0.15) is 6.04 Å². The molecule has 2 heterocycles. The first-order chi connectivity index (χ1) is 9.29. The molecular formula is C14H17N3O2. The molecule has 1 unspecified atom stereocenters. The summed E-state index contributed by atoms with van der Waals surface area (Å²) in [7, 11) is 1.44. The molecule has 0 aliphatic carbocycles. The largest absolute Gasteiger partial charge is 0.468 e. The van der Waals surface area contributed by atoms with Gasteiger partial charge in [0, 0.05) is 0 Å². The van der Waals surface area contributed by atoms with Gasteiger partial charge in [-0.1, -0.05) is 6.07 Å². The van der Waals surface area contributed by atoms with Gasteiger partial charge in [-0.3, -0.25) is 4.90 Å². The highest BCUT2D eigenvalue weighted by molar-refractivity contribution is 5.81. The summed E-state index contributed by atoms with van der Waals surface area (Å²) in [6.07, 6.45) is 3.94. The Balaban J connectivity index is 1.99. The van der Waals surface area contributed by atoms with Gasteiger partial charge >= 0.3 is 5.97 Å². The Morgan fingerprint density at radius 1 is 1.42 bits per heavy atom. The van der Waals surface area contributed by atoms with E-state index in [0.29, 0.717) is 0 Å². The first kappa shape index (κ1) is 12.2. The Hall–Kier alpha value is -1.88. The summed E-state index contributed by atoms with van der Waals surface area (Å²) in [4.78, 5) is 21.5. The lowest BCUT2D eigenvalue weighted by Gasteiger charge is -2.25. The SMILES string of the molecule is COC(=O)C(c1ccc2nc[nH]c2c1)N1CCCC1. The minimum atomic E-state index is -0.305. The van der Waals surface area contributed by atoms with Gasteiger partial charge in [-0.05, 0) is 43.6 Å². The number of methoxy groups -OCH3 is 1. The van der Waals surface area contributed by atoms with Crippen LogP contribution < -0.4 is 0 Å². The van der Waals surface area contributed by atoms with Crippen LogP contribution in [0.15, 0.2) is 24.5 Å². The van der Waals surface area contributed by atoms with Gasteiger partial charge in [0.05, 0.1) is 24.5 Å². The van der Waals surface area contributed by atoms with Crippen molar-refractivity contribution in [3.8, 4) is 0 Å². The number of ether oxygens (including phenoxy) is 1. The van der Waals surface area contributed by atoms with Gasteiger partial charge in [-0.25, -0.2) is 9.78 Å². The van der Waals surface area contributed by atoms with Gasteiger partial charge in [0.2, 0.25) is 0 Å². The smallest absolute Gasteiger partial charge is 0.327 e. The molecule has 1 fully saturated rings. The number of nitrogens with one attached hydrogen (secondary N) is 1. The number of fused-ring (bicyclic) bond motifs is 1. The third-order valence-electron chi connectivity index (χ3n) is 3.69. The van der Waals surface area contributed by atoms with Crippen LogP contribution in [0.2, 0.25) is 0 Å². The van der Waals surface area contributed by atoms with E-state index in [-0.39, 0.29) is 12.0 Å². The maximum Gasteiger partial charge on any atom is 0.327 e. The van der Waals surface area contributed by atoms with Crippen molar-refractivity contribution in [3.63, 3.8) is 0 Å². The van der Waals surface area contributed by atoms with E-state index in [1.807, 2.05) is 18.2 Å². The zero-order chi connectivity index (χ0) is 13.2. The van der Waals surface area contributed by atoms with Crippen LogP contribution in [0.4, 0.5) is 0 Å². The van der Waals surface area contributed by atoms with Gasteiger partial charge in [0.25, 0.3) is 0 Å². The molecule has 1 aromatic heterocycles. The zero-order valence-corrected chi connectivity index (χ0v) is 10.9. The fourth-order valence-electron chi connectivity index (χ4n) is 2.73. The van der Waals surface area contributed by atoms with Crippen molar-refractivity contribution in [2.45, 2.75) is 18.9 Å². The summed E-state index contributed by atoms with van der Waals surface area (Å²) >= 11 is 0. The van der Waals surface area contributed by atoms with Crippen molar-refractivity contribution in [2.75, 3.05) is 20.2 Å². The first-order valence-electron chi connectivity index (χ1n) is 6.54. The standard InChI is InChI=1S/C14H17N3O2/c1-19-14(18)13(17-6-2-3-7-17)10-4-5-11-12(8-10)16-9-15-11/h4-5,8-9,13H,2-3,6-7H2,1H3,(H,15,16). The molecule has 0 bridgehead atoms. The van der Waals surface area contributed by atoms with Gasteiger partial charge in [0.15, 0.2) is 0 Å². The van der Waals surface area contributed by atoms with Gasteiger partial charge in [-0.15, -0.1) is 0 Å². The molecule has 1 aromatic carbocycles. The number of aromatic nitrogens is 2. The number of nitrogens with zero attached hydrogens (tertiary/aromatic N) is 2. The summed E-state index contributed by atoms with van der Waals surface area (Å²) in [5.74, 6) is -0.194. The predicted molar refractivity (Wildman–Crippen MR) is 71.7 cm³/mol. The molecule has 5 nitrogen and oxygen atoms in total. The second-order valence-electron chi connectivity index (χ2n) is 4.85. The second-order valence-corrected chi connectivity index (χ2v) is 4.85. The number of benzene rings is 1. The molecule has 0 saturated carbocycles. The number of aromatic amines is 1. The molecule has 1 atom stereocenters. The second kappa shape index (κ2) is 5.01. The molecule has 3 rings (SSSR count).